The lowest BCUT2D eigenvalue weighted by Gasteiger charge is -2.21. The van der Waals surface area contributed by atoms with E-state index in [1.54, 1.807) is 6.07 Å². The average molecular weight is 308 g/mol. The van der Waals surface area contributed by atoms with E-state index in [9.17, 15) is 9.59 Å². The Morgan fingerprint density at radius 1 is 1.00 bits per heavy atom. The topological polar surface area (TPSA) is 71.1 Å². The first-order valence-electron chi connectivity index (χ1n) is 7.14. The number of hydrogen-bond donors (Lipinski definition) is 0. The van der Waals surface area contributed by atoms with Crippen LogP contribution in [0.3, 0.4) is 0 Å². The van der Waals surface area contributed by atoms with Crippen LogP contribution in [0.25, 0.3) is 0 Å². The van der Waals surface area contributed by atoms with Gasteiger partial charge in [-0.3, -0.25) is 4.79 Å². The molecule has 120 valence electrons. The molecule has 0 radical (unpaired) electrons. The van der Waals surface area contributed by atoms with Gasteiger partial charge in [0.25, 0.3) is 0 Å². The second-order valence-corrected chi connectivity index (χ2v) is 5.01. The highest BCUT2D eigenvalue weighted by molar-refractivity contribution is 5.96. The number of hydrogen-bond acceptors (Lipinski definition) is 6. The highest BCUT2D eigenvalue weighted by atomic mass is 16.6. The van der Waals surface area contributed by atoms with Crippen molar-refractivity contribution in [3.05, 3.63) is 17.7 Å². The molecule has 1 aromatic rings. The molecule has 0 unspecified atom stereocenters. The molecule has 22 heavy (non-hydrogen) atoms. The van der Waals surface area contributed by atoms with Gasteiger partial charge in [-0.2, -0.15) is 0 Å². The highest BCUT2D eigenvalue weighted by Gasteiger charge is 2.28. The molecule has 0 saturated heterocycles. The molecular weight excluding hydrogens is 288 g/mol. The van der Waals surface area contributed by atoms with E-state index in [0.29, 0.717) is 30.1 Å². The number of ether oxygens (including phenoxy) is 4. The van der Waals surface area contributed by atoms with Crippen LogP contribution in [-0.2, 0) is 9.53 Å². The van der Waals surface area contributed by atoms with Crippen molar-refractivity contribution in [3.63, 3.8) is 0 Å². The molecule has 1 aromatic carbocycles. The Morgan fingerprint density at radius 2 is 1.64 bits per heavy atom. The van der Waals surface area contributed by atoms with E-state index >= 15 is 0 Å². The minimum atomic E-state index is -0.668. The number of Topliss-reactive ketones (excluding diaryl/α,β-unsaturated/α-hetero) is 1. The van der Waals surface area contributed by atoms with Gasteiger partial charge in [0.05, 0.1) is 21.3 Å². The number of carbonyl (C=O) groups is 2. The molecule has 1 fully saturated rings. The Labute approximate surface area is 129 Å². The normalized spacial score (nSPS) is 17.8. The van der Waals surface area contributed by atoms with Gasteiger partial charge in [-0.1, -0.05) is 0 Å². The third-order valence-corrected chi connectivity index (χ3v) is 3.67. The third kappa shape index (κ3) is 3.32. The van der Waals surface area contributed by atoms with Crippen molar-refractivity contribution >= 4 is 11.8 Å². The zero-order chi connectivity index (χ0) is 16.1. The van der Waals surface area contributed by atoms with Crippen molar-refractivity contribution in [2.24, 2.45) is 0 Å². The van der Waals surface area contributed by atoms with Gasteiger partial charge in [-0.25, -0.2) is 4.79 Å². The SMILES string of the molecule is COc1cc(OC)c(C(=O)O[C@H]2CCCCC2=O)cc1OC. The Bertz CT molecular complexity index is 566. The van der Waals surface area contributed by atoms with Crippen molar-refractivity contribution in [2.75, 3.05) is 21.3 Å². The summed E-state index contributed by atoms with van der Waals surface area (Å²) in [5, 5.41) is 0. The fraction of sp³-hybridized carbons (Fsp3) is 0.500. The van der Waals surface area contributed by atoms with Crippen LogP contribution < -0.4 is 14.2 Å². The van der Waals surface area contributed by atoms with Crippen LogP contribution in [0.5, 0.6) is 17.2 Å². The van der Waals surface area contributed by atoms with Gasteiger partial charge in [-0.15, -0.1) is 0 Å². The zero-order valence-corrected chi connectivity index (χ0v) is 13.0. The van der Waals surface area contributed by atoms with E-state index in [0.717, 1.165) is 12.8 Å². The maximum atomic E-state index is 12.4. The summed E-state index contributed by atoms with van der Waals surface area (Å²) < 4.78 is 20.9. The Balaban J connectivity index is 2.26. The first-order valence-corrected chi connectivity index (χ1v) is 7.14. The molecule has 0 bridgehead atoms. The fourth-order valence-corrected chi connectivity index (χ4v) is 2.46. The Kier molecular flexibility index (Phi) is 5.25. The molecule has 0 spiro atoms. The van der Waals surface area contributed by atoms with Crippen LogP contribution >= 0.6 is 0 Å². The molecule has 0 heterocycles. The molecule has 1 saturated carbocycles. The average Bonchev–Trinajstić information content (AvgIpc) is 2.55. The monoisotopic (exact) mass is 308 g/mol. The number of benzene rings is 1. The minimum Gasteiger partial charge on any atom is -0.496 e. The van der Waals surface area contributed by atoms with Crippen molar-refractivity contribution < 1.29 is 28.5 Å². The predicted molar refractivity (Wildman–Crippen MR) is 78.8 cm³/mol. The summed E-state index contributed by atoms with van der Waals surface area (Å²) in [6, 6.07) is 3.05. The van der Waals surface area contributed by atoms with Gasteiger partial charge < -0.3 is 18.9 Å². The van der Waals surface area contributed by atoms with E-state index < -0.39 is 12.1 Å². The first kappa shape index (κ1) is 16.1. The van der Waals surface area contributed by atoms with Crippen LogP contribution in [0.2, 0.25) is 0 Å². The summed E-state index contributed by atoms with van der Waals surface area (Å²) in [7, 11) is 4.42. The summed E-state index contributed by atoms with van der Waals surface area (Å²) >= 11 is 0. The number of esters is 1. The molecule has 1 aliphatic carbocycles. The van der Waals surface area contributed by atoms with E-state index in [1.807, 2.05) is 0 Å². The number of ketones is 1. The van der Waals surface area contributed by atoms with E-state index in [1.165, 1.54) is 27.4 Å². The van der Waals surface area contributed by atoms with Crippen molar-refractivity contribution in [1.82, 2.24) is 0 Å². The van der Waals surface area contributed by atoms with Crippen molar-refractivity contribution in [1.29, 1.82) is 0 Å². The third-order valence-electron chi connectivity index (χ3n) is 3.67. The van der Waals surface area contributed by atoms with Crippen LogP contribution in [0.1, 0.15) is 36.0 Å². The quantitative estimate of drug-likeness (QED) is 0.778. The van der Waals surface area contributed by atoms with E-state index in [-0.39, 0.29) is 11.3 Å². The van der Waals surface area contributed by atoms with Crippen molar-refractivity contribution in [2.45, 2.75) is 31.8 Å². The van der Waals surface area contributed by atoms with Crippen LogP contribution in [-0.4, -0.2) is 39.2 Å². The summed E-state index contributed by atoms with van der Waals surface area (Å²) in [5.41, 5.74) is 0.207. The maximum absolute atomic E-state index is 12.4. The molecule has 0 N–H and O–H groups in total. The lowest BCUT2D eigenvalue weighted by Crippen LogP contribution is -2.30. The Hall–Kier alpha value is -2.24. The summed E-state index contributed by atoms with van der Waals surface area (Å²) in [5.74, 6) is 0.526. The molecule has 0 amide bonds. The van der Waals surface area contributed by atoms with Crippen LogP contribution in [0, 0.1) is 0 Å². The van der Waals surface area contributed by atoms with Gasteiger partial charge in [0.2, 0.25) is 0 Å². The number of carbonyl (C=O) groups excluding carboxylic acids is 2. The van der Waals surface area contributed by atoms with Crippen molar-refractivity contribution in [3.8, 4) is 17.2 Å². The largest absolute Gasteiger partial charge is 0.496 e. The maximum Gasteiger partial charge on any atom is 0.342 e. The molecule has 6 heteroatoms. The molecule has 1 atom stereocenters. The summed E-state index contributed by atoms with van der Waals surface area (Å²) in [6.45, 7) is 0. The molecule has 0 aromatic heterocycles. The second kappa shape index (κ2) is 7.15. The highest BCUT2D eigenvalue weighted by Crippen LogP contribution is 2.35. The molecule has 2 rings (SSSR count). The van der Waals surface area contributed by atoms with Gasteiger partial charge >= 0.3 is 5.97 Å². The van der Waals surface area contributed by atoms with Gasteiger partial charge in [0, 0.05) is 18.6 Å². The van der Waals surface area contributed by atoms with Crippen LogP contribution in [0.4, 0.5) is 0 Å². The second-order valence-electron chi connectivity index (χ2n) is 5.01. The molecule has 6 nitrogen and oxygen atoms in total. The number of methoxy groups -OCH3 is 3. The lowest BCUT2D eigenvalue weighted by molar-refractivity contribution is -0.129. The lowest BCUT2D eigenvalue weighted by atomic mass is 9.96. The van der Waals surface area contributed by atoms with Gasteiger partial charge in [0.1, 0.15) is 11.3 Å². The smallest absolute Gasteiger partial charge is 0.342 e. The first-order chi connectivity index (χ1) is 10.6. The molecule has 1 aliphatic rings. The van der Waals surface area contributed by atoms with Gasteiger partial charge in [0.15, 0.2) is 23.4 Å². The fourth-order valence-electron chi connectivity index (χ4n) is 2.46. The Morgan fingerprint density at radius 3 is 2.23 bits per heavy atom. The minimum absolute atomic E-state index is 0.0287. The van der Waals surface area contributed by atoms with E-state index in [2.05, 4.69) is 0 Å². The van der Waals surface area contributed by atoms with Crippen LogP contribution in [0.15, 0.2) is 12.1 Å². The molecule has 0 aliphatic heterocycles. The summed E-state index contributed by atoms with van der Waals surface area (Å²) in [4.78, 5) is 24.1. The zero-order valence-electron chi connectivity index (χ0n) is 13.0. The van der Waals surface area contributed by atoms with E-state index in [4.69, 9.17) is 18.9 Å². The number of rotatable bonds is 5. The molecular formula is C16H20O6. The standard InChI is InChI=1S/C16H20O6/c1-19-13-9-15(21-3)14(20-2)8-10(13)16(18)22-12-7-5-4-6-11(12)17/h8-9,12H,4-7H2,1-3H3/t12-/m0/s1. The predicted octanol–water partition coefficient (Wildman–Crippen LogP) is 2.38. The van der Waals surface area contributed by atoms with Gasteiger partial charge in [-0.05, 0) is 19.3 Å². The summed E-state index contributed by atoms with van der Waals surface area (Å²) in [6.07, 6.45) is 2.10.